The first-order chi connectivity index (χ1) is 15.4. The van der Waals surface area contributed by atoms with Crippen LogP contribution in [0.5, 0.6) is 0 Å². The van der Waals surface area contributed by atoms with Gasteiger partial charge in [-0.1, -0.05) is 11.8 Å². The van der Waals surface area contributed by atoms with Crippen molar-refractivity contribution in [3.05, 3.63) is 30.1 Å². The van der Waals surface area contributed by atoms with Crippen molar-refractivity contribution < 1.29 is 61.7 Å². The van der Waals surface area contributed by atoms with E-state index in [0.717, 1.165) is 0 Å². The molecule has 2 aliphatic heterocycles. The van der Waals surface area contributed by atoms with Gasteiger partial charge in [0.15, 0.2) is 12.4 Å². The highest BCUT2D eigenvalue weighted by molar-refractivity contribution is 8.00. The number of thioether (sulfide) groups is 1. The number of nitrogens with two attached hydrogens (primary N) is 1. The van der Waals surface area contributed by atoms with Crippen LogP contribution in [0.1, 0.15) is 22.2 Å². The van der Waals surface area contributed by atoms with Gasteiger partial charge in [-0.05, 0) is 12.5 Å². The minimum Gasteiger partial charge on any atom is -0.388 e. The van der Waals surface area contributed by atoms with Crippen LogP contribution in [0.2, 0.25) is 0 Å². The van der Waals surface area contributed by atoms with Gasteiger partial charge in [-0.15, -0.1) is 0 Å². The second kappa shape index (κ2) is 10.8. The number of aliphatic hydroxyl groups excluding tert-OH is 3. The van der Waals surface area contributed by atoms with E-state index in [1.807, 2.05) is 0 Å². The number of phosphoric acid groups is 2. The number of phosphoric ester groups is 2. The predicted molar refractivity (Wildman–Crippen MR) is 111 cm³/mol. The SMILES string of the molecule is NC(=O)c1ccc[n+]([C@@H]2S[C@H](COP(=O)(O)OP(=O)(O)OC[C@H]3OC[C@H](O)[C@@H]3O)C[C@H]2O)c1. The van der Waals surface area contributed by atoms with E-state index in [9.17, 15) is 39.0 Å². The number of primary amides is 1. The summed E-state index contributed by atoms with van der Waals surface area (Å²) in [5.74, 6) is -0.638. The first kappa shape index (κ1) is 26.7. The number of carbonyl (C=O) groups excluding carboxylic acids is 1. The molecule has 14 nitrogen and oxygen atoms in total. The summed E-state index contributed by atoms with van der Waals surface area (Å²) in [5, 5.41) is 28.3. The van der Waals surface area contributed by atoms with Crippen LogP contribution < -0.4 is 10.3 Å². The molecular weight excluding hydrogens is 506 g/mol. The van der Waals surface area contributed by atoms with E-state index in [1.54, 1.807) is 16.8 Å². The van der Waals surface area contributed by atoms with Gasteiger partial charge in [0.1, 0.15) is 30.0 Å². The van der Waals surface area contributed by atoms with Gasteiger partial charge >= 0.3 is 15.6 Å². The van der Waals surface area contributed by atoms with Crippen molar-refractivity contribution in [3.8, 4) is 0 Å². The molecule has 3 heterocycles. The second-order valence-corrected chi connectivity index (χ2v) is 11.9. The fraction of sp³-hybridized carbons (Fsp3) is 0.625. The number of ether oxygens (including phenoxy) is 1. The number of hydrogen-bond acceptors (Lipinski definition) is 11. The van der Waals surface area contributed by atoms with Crippen molar-refractivity contribution in [3.63, 3.8) is 0 Å². The highest BCUT2D eigenvalue weighted by Crippen LogP contribution is 2.61. The zero-order valence-corrected chi connectivity index (χ0v) is 19.6. The van der Waals surface area contributed by atoms with Crippen LogP contribution in [0.3, 0.4) is 0 Å². The molecule has 0 aromatic carbocycles. The Bertz CT molecular complexity index is 954. The minimum atomic E-state index is -5.08. The number of pyridine rings is 1. The third kappa shape index (κ3) is 7.28. The molecule has 1 aromatic heterocycles. The molecule has 0 aliphatic carbocycles. The number of nitrogens with zero attached hydrogens (tertiary/aromatic N) is 1. The van der Waals surface area contributed by atoms with Gasteiger partial charge in [-0.2, -0.15) is 8.88 Å². The smallest absolute Gasteiger partial charge is 0.388 e. The fourth-order valence-electron chi connectivity index (χ4n) is 3.24. The van der Waals surface area contributed by atoms with Crippen LogP contribution in [0, 0.1) is 0 Å². The van der Waals surface area contributed by atoms with E-state index in [1.165, 1.54) is 24.0 Å². The minimum absolute atomic E-state index is 0.162. The van der Waals surface area contributed by atoms with Crippen molar-refractivity contribution in [1.82, 2.24) is 0 Å². The van der Waals surface area contributed by atoms with Crippen LogP contribution in [-0.4, -0.2) is 80.5 Å². The predicted octanol–water partition coefficient (Wildman–Crippen LogP) is -1.19. The normalized spacial score (nSPS) is 33.5. The molecule has 0 saturated carbocycles. The van der Waals surface area contributed by atoms with Gasteiger partial charge < -0.3 is 35.6 Å². The van der Waals surface area contributed by atoms with Crippen LogP contribution in [-0.2, 0) is 27.2 Å². The largest absolute Gasteiger partial charge is 0.481 e. The van der Waals surface area contributed by atoms with Crippen LogP contribution in [0.15, 0.2) is 24.5 Å². The van der Waals surface area contributed by atoms with Gasteiger partial charge in [-0.25, -0.2) is 9.13 Å². The monoisotopic (exact) mass is 531 g/mol. The lowest BCUT2D eigenvalue weighted by atomic mass is 10.2. The molecule has 186 valence electrons. The molecule has 2 unspecified atom stereocenters. The third-order valence-corrected chi connectivity index (χ3v) is 9.01. The zero-order chi connectivity index (χ0) is 24.4. The third-order valence-electron chi connectivity index (χ3n) is 4.85. The molecule has 2 saturated heterocycles. The quantitative estimate of drug-likeness (QED) is 0.155. The number of amides is 1. The molecule has 0 radical (unpaired) electrons. The van der Waals surface area contributed by atoms with Gasteiger partial charge in [0.2, 0.25) is 5.37 Å². The van der Waals surface area contributed by atoms with Crippen molar-refractivity contribution in [2.75, 3.05) is 19.8 Å². The summed E-state index contributed by atoms with van der Waals surface area (Å²) >= 11 is 1.20. The fourth-order valence-corrected chi connectivity index (χ4v) is 6.88. The number of aliphatic hydroxyl groups is 3. The lowest BCUT2D eigenvalue weighted by Gasteiger charge is -2.19. The van der Waals surface area contributed by atoms with Crippen LogP contribution in [0.4, 0.5) is 0 Å². The summed E-state index contributed by atoms with van der Waals surface area (Å²) in [6, 6.07) is 3.10. The number of aromatic nitrogens is 1. The molecule has 0 spiro atoms. The standard InChI is InChI=1S/C16H24N2O12P2S/c17-15(22)9-2-1-3-18(5-9)16-11(19)4-10(33-16)6-28-31(23,24)30-32(25,26)29-8-13-14(21)12(20)7-27-13/h1-3,5,10-14,16,19-21H,4,6-8H2,(H3-,17,22,23,24,25,26)/p+1/t10-,11+,12-,13+,14-,16+/m0/s1. The van der Waals surface area contributed by atoms with Gasteiger partial charge in [0.25, 0.3) is 5.91 Å². The lowest BCUT2D eigenvalue weighted by Crippen LogP contribution is -2.42. The van der Waals surface area contributed by atoms with Crippen molar-refractivity contribution in [2.45, 2.75) is 41.5 Å². The van der Waals surface area contributed by atoms with Crippen LogP contribution >= 0.6 is 27.4 Å². The average molecular weight is 531 g/mol. The molecule has 0 bridgehead atoms. The maximum absolute atomic E-state index is 12.1. The lowest BCUT2D eigenvalue weighted by molar-refractivity contribution is -0.705. The molecule has 3 rings (SSSR count). The molecular formula is C16H25N2O12P2S+. The van der Waals surface area contributed by atoms with Crippen molar-refractivity contribution >= 4 is 33.3 Å². The van der Waals surface area contributed by atoms with E-state index in [-0.39, 0.29) is 18.6 Å². The Kier molecular flexibility index (Phi) is 8.71. The van der Waals surface area contributed by atoms with Gasteiger partial charge in [-0.3, -0.25) is 13.8 Å². The molecule has 1 amide bonds. The highest BCUT2D eigenvalue weighted by atomic mass is 32.2. The van der Waals surface area contributed by atoms with Gasteiger partial charge in [0.05, 0.1) is 19.8 Å². The van der Waals surface area contributed by atoms with Crippen LogP contribution in [0.25, 0.3) is 0 Å². The second-order valence-electron chi connectivity index (χ2n) is 7.40. The van der Waals surface area contributed by atoms with E-state index in [2.05, 4.69) is 8.83 Å². The van der Waals surface area contributed by atoms with Crippen molar-refractivity contribution in [1.29, 1.82) is 0 Å². The summed E-state index contributed by atoms with van der Waals surface area (Å²) in [6.07, 6.45) is -1.30. The first-order valence-electron chi connectivity index (χ1n) is 9.65. The molecule has 33 heavy (non-hydrogen) atoms. The summed E-state index contributed by atoms with van der Waals surface area (Å²) in [6.45, 7) is -1.29. The zero-order valence-electron chi connectivity index (χ0n) is 17.0. The Balaban J connectivity index is 1.50. The highest BCUT2D eigenvalue weighted by Gasteiger charge is 2.43. The Hall–Kier alpha value is -0.930. The number of hydrogen-bond donors (Lipinski definition) is 6. The Morgan fingerprint density at radius 1 is 1.18 bits per heavy atom. The molecule has 1 aromatic rings. The average Bonchev–Trinajstić information content (AvgIpc) is 3.26. The Labute approximate surface area is 192 Å². The summed E-state index contributed by atoms with van der Waals surface area (Å²) in [4.78, 5) is 30.8. The van der Waals surface area contributed by atoms with E-state index < -0.39 is 69.8 Å². The first-order valence-corrected chi connectivity index (χ1v) is 13.6. The maximum Gasteiger partial charge on any atom is 0.481 e. The molecule has 2 aliphatic rings. The van der Waals surface area contributed by atoms with E-state index in [4.69, 9.17) is 15.0 Å². The summed E-state index contributed by atoms with van der Waals surface area (Å²) < 4.78 is 44.2. The van der Waals surface area contributed by atoms with E-state index >= 15 is 0 Å². The molecule has 8 atom stereocenters. The number of rotatable bonds is 10. The number of carbonyl (C=O) groups is 1. The Morgan fingerprint density at radius 2 is 1.85 bits per heavy atom. The summed E-state index contributed by atoms with van der Waals surface area (Å²) in [7, 11) is -10.1. The van der Waals surface area contributed by atoms with Crippen molar-refractivity contribution in [2.24, 2.45) is 5.73 Å². The molecule has 17 heteroatoms. The maximum atomic E-state index is 12.1. The van der Waals surface area contributed by atoms with Gasteiger partial charge in [0, 0.05) is 11.3 Å². The summed E-state index contributed by atoms with van der Waals surface area (Å²) in [5.41, 5.74) is 5.50. The topological polar surface area (TPSA) is 219 Å². The molecule has 2 fully saturated rings. The van der Waals surface area contributed by atoms with E-state index in [0.29, 0.717) is 0 Å². The Morgan fingerprint density at radius 3 is 2.45 bits per heavy atom. The molecule has 7 N–H and O–H groups in total.